The molecule has 0 aliphatic rings. The Labute approximate surface area is 117 Å². The average molecular weight is 265 g/mol. The Bertz CT molecular complexity index is 714. The molecule has 0 aliphatic carbocycles. The first-order valence-electron chi connectivity index (χ1n) is 6.45. The molecule has 1 heterocycles. The molecule has 2 aromatic carbocycles. The molecule has 3 nitrogen and oxygen atoms in total. The maximum atomic E-state index is 5.45. The fraction of sp³-hybridized carbons (Fsp3) is 0.118. The van der Waals surface area contributed by atoms with E-state index in [9.17, 15) is 0 Å². The minimum atomic E-state index is 0.707. The predicted molar refractivity (Wildman–Crippen MR) is 78.7 cm³/mol. The second-order valence-corrected chi connectivity index (χ2v) is 4.64. The SMILES string of the molecule is COc1ccccc1-c1cc(-c2ccc(C)cc2)no1. The van der Waals surface area contributed by atoms with E-state index in [0.29, 0.717) is 5.76 Å². The lowest BCUT2D eigenvalue weighted by Crippen LogP contribution is -1.85. The number of rotatable bonds is 3. The van der Waals surface area contributed by atoms with Crippen molar-refractivity contribution in [1.29, 1.82) is 0 Å². The molecule has 0 bridgehead atoms. The molecule has 3 heteroatoms. The van der Waals surface area contributed by atoms with Crippen LogP contribution in [0.5, 0.6) is 5.75 Å². The molecule has 0 saturated carbocycles. The number of benzene rings is 2. The summed E-state index contributed by atoms with van der Waals surface area (Å²) >= 11 is 0. The van der Waals surface area contributed by atoms with Crippen LogP contribution in [0.1, 0.15) is 5.56 Å². The van der Waals surface area contributed by atoms with Gasteiger partial charge in [-0.3, -0.25) is 0 Å². The van der Waals surface area contributed by atoms with Gasteiger partial charge in [-0.1, -0.05) is 47.1 Å². The predicted octanol–water partition coefficient (Wildman–Crippen LogP) is 4.33. The van der Waals surface area contributed by atoms with Crippen LogP contribution in [-0.4, -0.2) is 12.3 Å². The van der Waals surface area contributed by atoms with Crippen molar-refractivity contribution < 1.29 is 9.26 Å². The third-order valence-corrected chi connectivity index (χ3v) is 3.23. The highest BCUT2D eigenvalue weighted by Crippen LogP contribution is 2.32. The smallest absolute Gasteiger partial charge is 0.171 e. The van der Waals surface area contributed by atoms with Gasteiger partial charge in [0.1, 0.15) is 11.4 Å². The first-order chi connectivity index (χ1) is 9.78. The Kier molecular flexibility index (Phi) is 3.25. The van der Waals surface area contributed by atoms with Gasteiger partial charge in [-0.05, 0) is 19.1 Å². The number of hydrogen-bond acceptors (Lipinski definition) is 3. The van der Waals surface area contributed by atoms with E-state index in [0.717, 1.165) is 22.6 Å². The number of aromatic nitrogens is 1. The molecule has 0 radical (unpaired) electrons. The van der Waals surface area contributed by atoms with Gasteiger partial charge in [-0.25, -0.2) is 0 Å². The van der Waals surface area contributed by atoms with Crippen molar-refractivity contribution in [2.24, 2.45) is 0 Å². The molecule has 3 aromatic rings. The summed E-state index contributed by atoms with van der Waals surface area (Å²) in [5.41, 5.74) is 3.99. The zero-order valence-corrected chi connectivity index (χ0v) is 11.5. The van der Waals surface area contributed by atoms with Crippen molar-refractivity contribution >= 4 is 0 Å². The Hall–Kier alpha value is -2.55. The summed E-state index contributed by atoms with van der Waals surface area (Å²) in [4.78, 5) is 0. The van der Waals surface area contributed by atoms with Crippen LogP contribution in [-0.2, 0) is 0 Å². The highest BCUT2D eigenvalue weighted by atomic mass is 16.5. The fourth-order valence-electron chi connectivity index (χ4n) is 2.11. The second-order valence-electron chi connectivity index (χ2n) is 4.64. The summed E-state index contributed by atoms with van der Waals surface area (Å²) in [6.07, 6.45) is 0. The number of nitrogens with zero attached hydrogens (tertiary/aromatic N) is 1. The van der Waals surface area contributed by atoms with Crippen LogP contribution < -0.4 is 4.74 Å². The molecular weight excluding hydrogens is 250 g/mol. The summed E-state index contributed by atoms with van der Waals surface area (Å²) in [6, 6.07) is 17.9. The zero-order valence-electron chi connectivity index (χ0n) is 11.5. The lowest BCUT2D eigenvalue weighted by molar-refractivity contribution is 0.407. The first-order valence-corrected chi connectivity index (χ1v) is 6.45. The van der Waals surface area contributed by atoms with Gasteiger partial charge in [-0.2, -0.15) is 0 Å². The van der Waals surface area contributed by atoms with Crippen molar-refractivity contribution in [3.05, 3.63) is 60.2 Å². The van der Waals surface area contributed by atoms with Gasteiger partial charge in [0.15, 0.2) is 5.76 Å². The highest BCUT2D eigenvalue weighted by Gasteiger charge is 2.12. The molecule has 3 rings (SSSR count). The van der Waals surface area contributed by atoms with E-state index in [4.69, 9.17) is 9.26 Å². The van der Waals surface area contributed by atoms with Crippen LogP contribution in [0.2, 0.25) is 0 Å². The summed E-state index contributed by atoms with van der Waals surface area (Å²) in [5, 5.41) is 4.14. The van der Waals surface area contributed by atoms with E-state index in [1.165, 1.54) is 5.56 Å². The Morgan fingerprint density at radius 2 is 1.75 bits per heavy atom. The normalized spacial score (nSPS) is 10.5. The van der Waals surface area contributed by atoms with E-state index < -0.39 is 0 Å². The molecule has 0 unspecified atom stereocenters. The number of ether oxygens (including phenoxy) is 1. The largest absolute Gasteiger partial charge is 0.496 e. The maximum Gasteiger partial charge on any atom is 0.171 e. The fourth-order valence-corrected chi connectivity index (χ4v) is 2.11. The maximum absolute atomic E-state index is 5.45. The van der Waals surface area contributed by atoms with Gasteiger partial charge in [0.2, 0.25) is 0 Å². The van der Waals surface area contributed by atoms with E-state index in [1.54, 1.807) is 7.11 Å². The third kappa shape index (κ3) is 2.30. The van der Waals surface area contributed by atoms with E-state index in [1.807, 2.05) is 42.5 Å². The molecule has 20 heavy (non-hydrogen) atoms. The molecule has 1 aromatic heterocycles. The molecule has 100 valence electrons. The molecule has 0 saturated heterocycles. The lowest BCUT2D eigenvalue weighted by atomic mass is 10.1. The Morgan fingerprint density at radius 1 is 1.00 bits per heavy atom. The van der Waals surface area contributed by atoms with E-state index in [2.05, 4.69) is 24.2 Å². The number of aryl methyl sites for hydroxylation is 1. The van der Waals surface area contributed by atoms with Crippen LogP contribution >= 0.6 is 0 Å². The van der Waals surface area contributed by atoms with Gasteiger partial charge in [0, 0.05) is 11.6 Å². The average Bonchev–Trinajstić information content (AvgIpc) is 2.97. The van der Waals surface area contributed by atoms with Gasteiger partial charge >= 0.3 is 0 Å². The van der Waals surface area contributed by atoms with Gasteiger partial charge in [0.05, 0.1) is 12.7 Å². The summed E-state index contributed by atoms with van der Waals surface area (Å²) in [6.45, 7) is 2.06. The standard InChI is InChI=1S/C17H15NO2/c1-12-7-9-13(10-8-12)15-11-17(20-18-15)14-5-3-4-6-16(14)19-2/h3-11H,1-2H3. The number of para-hydroxylation sites is 1. The van der Waals surface area contributed by atoms with Gasteiger partial charge in [0.25, 0.3) is 0 Å². The minimum Gasteiger partial charge on any atom is -0.496 e. The number of hydrogen-bond donors (Lipinski definition) is 0. The van der Waals surface area contributed by atoms with Crippen molar-refractivity contribution in [2.45, 2.75) is 6.92 Å². The Morgan fingerprint density at radius 3 is 2.50 bits per heavy atom. The van der Waals surface area contributed by atoms with E-state index in [-0.39, 0.29) is 0 Å². The van der Waals surface area contributed by atoms with Gasteiger partial charge in [-0.15, -0.1) is 0 Å². The van der Waals surface area contributed by atoms with Crippen LogP contribution in [0.15, 0.2) is 59.1 Å². The zero-order chi connectivity index (χ0) is 13.9. The topological polar surface area (TPSA) is 35.3 Å². The quantitative estimate of drug-likeness (QED) is 0.707. The molecule has 0 aliphatic heterocycles. The van der Waals surface area contributed by atoms with Crippen molar-refractivity contribution in [3.63, 3.8) is 0 Å². The molecule has 0 fully saturated rings. The summed E-state index contributed by atoms with van der Waals surface area (Å²) in [7, 11) is 1.65. The Balaban J connectivity index is 2.00. The second kappa shape index (κ2) is 5.21. The molecule has 0 atom stereocenters. The number of methoxy groups -OCH3 is 1. The molecule has 0 spiro atoms. The summed E-state index contributed by atoms with van der Waals surface area (Å²) < 4.78 is 10.8. The molecule has 0 amide bonds. The molecule has 0 N–H and O–H groups in total. The highest BCUT2D eigenvalue weighted by molar-refractivity contribution is 5.70. The van der Waals surface area contributed by atoms with Crippen LogP contribution in [0.25, 0.3) is 22.6 Å². The summed E-state index contributed by atoms with van der Waals surface area (Å²) in [5.74, 6) is 1.48. The first kappa shape index (κ1) is 12.5. The van der Waals surface area contributed by atoms with Crippen molar-refractivity contribution in [3.8, 4) is 28.3 Å². The lowest BCUT2D eigenvalue weighted by Gasteiger charge is -2.03. The van der Waals surface area contributed by atoms with Gasteiger partial charge < -0.3 is 9.26 Å². The molecular formula is C17H15NO2. The minimum absolute atomic E-state index is 0.707. The van der Waals surface area contributed by atoms with E-state index >= 15 is 0 Å². The monoisotopic (exact) mass is 265 g/mol. The van der Waals surface area contributed by atoms with Crippen LogP contribution in [0.4, 0.5) is 0 Å². The third-order valence-electron chi connectivity index (χ3n) is 3.23. The van der Waals surface area contributed by atoms with Crippen molar-refractivity contribution in [1.82, 2.24) is 5.16 Å². The van der Waals surface area contributed by atoms with Crippen molar-refractivity contribution in [2.75, 3.05) is 7.11 Å². The van der Waals surface area contributed by atoms with Crippen LogP contribution in [0, 0.1) is 6.92 Å². The van der Waals surface area contributed by atoms with Crippen LogP contribution in [0.3, 0.4) is 0 Å².